The van der Waals surface area contributed by atoms with Gasteiger partial charge in [0.2, 0.25) is 0 Å². The Balaban J connectivity index is 2.33. The molecule has 0 saturated heterocycles. The van der Waals surface area contributed by atoms with Gasteiger partial charge in [-0.3, -0.25) is 4.79 Å². The first kappa shape index (κ1) is 13.3. The highest BCUT2D eigenvalue weighted by Crippen LogP contribution is 2.15. The number of carbonyl (C=O) groups is 1. The fourth-order valence-electron chi connectivity index (χ4n) is 1.23. The highest BCUT2D eigenvalue weighted by Gasteiger charge is 2.29. The van der Waals surface area contributed by atoms with Gasteiger partial charge in [-0.1, -0.05) is 12.1 Å². The number of hydrogen-bond acceptors (Lipinski definition) is 3. The van der Waals surface area contributed by atoms with Crippen molar-refractivity contribution in [1.29, 1.82) is 0 Å². The second-order valence-electron chi connectivity index (χ2n) is 3.52. The number of rotatable bonds is 4. The summed E-state index contributed by atoms with van der Waals surface area (Å²) in [6, 6.07) is 6.81. The minimum atomic E-state index is -4.48. The molecule has 0 aliphatic rings. The average molecular weight is 247 g/mol. The quantitative estimate of drug-likeness (QED) is 0.656. The molecule has 1 aromatic rings. The second kappa shape index (κ2) is 5.56. The van der Waals surface area contributed by atoms with Crippen LogP contribution in [0.25, 0.3) is 0 Å². The fourth-order valence-corrected chi connectivity index (χ4v) is 1.23. The fraction of sp³-hybridized carbons (Fsp3) is 0.364. The summed E-state index contributed by atoms with van der Waals surface area (Å²) < 4.78 is 39.3. The number of aryl methyl sites for hydroxylation is 1. The van der Waals surface area contributed by atoms with Crippen molar-refractivity contribution >= 4 is 11.7 Å². The molecule has 3 nitrogen and oxygen atoms in total. The van der Waals surface area contributed by atoms with Crippen molar-refractivity contribution in [3.63, 3.8) is 0 Å². The van der Waals surface area contributed by atoms with Gasteiger partial charge < -0.3 is 10.5 Å². The van der Waals surface area contributed by atoms with E-state index < -0.39 is 18.8 Å². The van der Waals surface area contributed by atoms with Gasteiger partial charge in [-0.2, -0.15) is 13.2 Å². The monoisotopic (exact) mass is 247 g/mol. The summed E-state index contributed by atoms with van der Waals surface area (Å²) in [5, 5.41) is 0. The summed E-state index contributed by atoms with van der Waals surface area (Å²) in [7, 11) is 0. The molecule has 1 aromatic carbocycles. The Bertz CT molecular complexity index is 391. The Morgan fingerprint density at radius 3 is 2.65 bits per heavy atom. The molecule has 0 heterocycles. The van der Waals surface area contributed by atoms with Crippen molar-refractivity contribution in [2.45, 2.75) is 19.0 Å². The molecule has 0 aromatic heterocycles. The molecule has 17 heavy (non-hydrogen) atoms. The maximum Gasteiger partial charge on any atom is 0.422 e. The molecule has 0 amide bonds. The van der Waals surface area contributed by atoms with E-state index in [0.29, 0.717) is 12.1 Å². The van der Waals surface area contributed by atoms with E-state index >= 15 is 0 Å². The van der Waals surface area contributed by atoms with Crippen molar-refractivity contribution < 1.29 is 22.7 Å². The normalized spacial score (nSPS) is 11.2. The molecular weight excluding hydrogens is 235 g/mol. The number of alkyl halides is 3. The van der Waals surface area contributed by atoms with Gasteiger partial charge in [0.05, 0.1) is 0 Å². The van der Waals surface area contributed by atoms with E-state index in [1.807, 2.05) is 0 Å². The highest BCUT2D eigenvalue weighted by molar-refractivity contribution is 5.69. The predicted molar refractivity (Wildman–Crippen MR) is 56.2 cm³/mol. The van der Waals surface area contributed by atoms with Gasteiger partial charge in [0.1, 0.15) is 0 Å². The lowest BCUT2D eigenvalue weighted by molar-refractivity contribution is -0.186. The Morgan fingerprint density at radius 2 is 2.06 bits per heavy atom. The third-order valence-electron chi connectivity index (χ3n) is 1.97. The maximum absolute atomic E-state index is 11.7. The number of anilines is 1. The Hall–Kier alpha value is -1.72. The molecule has 94 valence electrons. The molecule has 0 unspecified atom stereocenters. The third kappa shape index (κ3) is 5.79. The minimum absolute atomic E-state index is 0.0977. The van der Waals surface area contributed by atoms with Gasteiger partial charge >= 0.3 is 12.1 Å². The second-order valence-corrected chi connectivity index (χ2v) is 3.52. The molecule has 0 spiro atoms. The van der Waals surface area contributed by atoms with Gasteiger partial charge in [-0.25, -0.2) is 0 Å². The summed E-state index contributed by atoms with van der Waals surface area (Å²) in [5.41, 5.74) is 6.85. The first-order valence-corrected chi connectivity index (χ1v) is 4.93. The van der Waals surface area contributed by atoms with Crippen LogP contribution in [0.4, 0.5) is 18.9 Å². The summed E-state index contributed by atoms with van der Waals surface area (Å²) in [6.45, 7) is -1.54. The zero-order chi connectivity index (χ0) is 12.9. The summed E-state index contributed by atoms with van der Waals surface area (Å²) in [5.74, 6) is -0.871. The summed E-state index contributed by atoms with van der Waals surface area (Å²) >= 11 is 0. The number of nitrogens with two attached hydrogens (primary N) is 1. The van der Waals surface area contributed by atoms with E-state index in [0.717, 1.165) is 5.56 Å². The molecule has 0 saturated carbocycles. The molecule has 0 fully saturated rings. The highest BCUT2D eigenvalue weighted by atomic mass is 19.4. The molecule has 0 radical (unpaired) electrons. The van der Waals surface area contributed by atoms with Crippen LogP contribution in [-0.4, -0.2) is 18.8 Å². The summed E-state index contributed by atoms with van der Waals surface area (Å²) in [4.78, 5) is 11.0. The van der Waals surface area contributed by atoms with Crippen LogP contribution in [0.3, 0.4) is 0 Å². The number of benzene rings is 1. The van der Waals surface area contributed by atoms with Crippen molar-refractivity contribution in [3.8, 4) is 0 Å². The number of nitrogen functional groups attached to an aromatic ring is 1. The molecule has 0 atom stereocenters. The van der Waals surface area contributed by atoms with Crippen LogP contribution in [0.15, 0.2) is 24.3 Å². The maximum atomic E-state index is 11.7. The van der Waals surface area contributed by atoms with E-state index in [1.165, 1.54) is 0 Å². The third-order valence-corrected chi connectivity index (χ3v) is 1.97. The lowest BCUT2D eigenvalue weighted by atomic mass is 10.1. The van der Waals surface area contributed by atoms with Crippen LogP contribution in [0.1, 0.15) is 12.0 Å². The van der Waals surface area contributed by atoms with Crippen LogP contribution in [0, 0.1) is 0 Å². The van der Waals surface area contributed by atoms with Gasteiger partial charge in [-0.05, 0) is 24.1 Å². The van der Waals surface area contributed by atoms with Crippen LogP contribution in [0.5, 0.6) is 0 Å². The molecule has 0 aliphatic heterocycles. The Morgan fingerprint density at radius 1 is 1.35 bits per heavy atom. The summed E-state index contributed by atoms with van der Waals surface area (Å²) in [6.07, 6.45) is -4.27. The number of halogens is 3. The van der Waals surface area contributed by atoms with E-state index in [9.17, 15) is 18.0 Å². The van der Waals surface area contributed by atoms with E-state index in [-0.39, 0.29) is 6.42 Å². The lowest BCUT2D eigenvalue weighted by Crippen LogP contribution is -2.20. The first-order valence-electron chi connectivity index (χ1n) is 4.93. The van der Waals surface area contributed by atoms with Gasteiger partial charge in [0.25, 0.3) is 0 Å². The smallest absolute Gasteiger partial charge is 0.422 e. The van der Waals surface area contributed by atoms with Crippen molar-refractivity contribution in [1.82, 2.24) is 0 Å². The predicted octanol–water partition coefficient (Wildman–Crippen LogP) is 2.31. The largest absolute Gasteiger partial charge is 0.456 e. The Labute approximate surface area is 96.4 Å². The number of esters is 1. The molecule has 1 rings (SSSR count). The van der Waals surface area contributed by atoms with Crippen molar-refractivity contribution in [3.05, 3.63) is 29.8 Å². The van der Waals surface area contributed by atoms with E-state index in [4.69, 9.17) is 5.73 Å². The first-order chi connectivity index (χ1) is 7.87. The molecule has 0 bridgehead atoms. The van der Waals surface area contributed by atoms with Crippen molar-refractivity contribution in [2.24, 2.45) is 0 Å². The number of ether oxygens (including phenoxy) is 1. The van der Waals surface area contributed by atoms with Crippen LogP contribution in [-0.2, 0) is 16.0 Å². The average Bonchev–Trinajstić information content (AvgIpc) is 2.23. The van der Waals surface area contributed by atoms with Gasteiger partial charge in [0.15, 0.2) is 6.61 Å². The topological polar surface area (TPSA) is 52.3 Å². The van der Waals surface area contributed by atoms with Crippen molar-refractivity contribution in [2.75, 3.05) is 12.3 Å². The van der Waals surface area contributed by atoms with Crippen LogP contribution < -0.4 is 5.73 Å². The molecule has 2 N–H and O–H groups in total. The minimum Gasteiger partial charge on any atom is -0.456 e. The lowest BCUT2D eigenvalue weighted by Gasteiger charge is -2.07. The van der Waals surface area contributed by atoms with Gasteiger partial charge in [-0.15, -0.1) is 0 Å². The molecule has 6 heteroatoms. The SMILES string of the molecule is Nc1cccc(CCC(=O)OCC(F)(F)F)c1. The van der Waals surface area contributed by atoms with Crippen LogP contribution in [0.2, 0.25) is 0 Å². The Kier molecular flexibility index (Phi) is 4.37. The standard InChI is InChI=1S/C11H12F3NO2/c12-11(13,14)7-17-10(16)5-4-8-2-1-3-9(15)6-8/h1-3,6H,4-5,7,15H2. The molecule has 0 aliphatic carbocycles. The zero-order valence-electron chi connectivity index (χ0n) is 8.96. The van der Waals surface area contributed by atoms with E-state index in [2.05, 4.69) is 4.74 Å². The number of hydrogen-bond donors (Lipinski definition) is 1. The number of carbonyl (C=O) groups excluding carboxylic acids is 1. The molecular formula is C11H12F3NO2. The van der Waals surface area contributed by atoms with E-state index in [1.54, 1.807) is 24.3 Å². The van der Waals surface area contributed by atoms with Crippen LogP contribution >= 0.6 is 0 Å². The zero-order valence-corrected chi connectivity index (χ0v) is 8.96. The van der Waals surface area contributed by atoms with Gasteiger partial charge in [0, 0.05) is 12.1 Å².